The van der Waals surface area contributed by atoms with Crippen molar-refractivity contribution < 1.29 is 4.79 Å². The standard InChI is InChI=1S/C7H9ClN4O/c1-4(13)5-3-6(8)11-7(10-5)12-9-2/h3,9H,1-2H3,(H,10,11,12). The Kier molecular flexibility index (Phi) is 3.16. The first kappa shape index (κ1) is 9.88. The number of halogens is 1. The number of nitrogens with zero attached hydrogens (tertiary/aromatic N) is 2. The second-order valence-corrected chi connectivity index (χ2v) is 2.72. The topological polar surface area (TPSA) is 66.9 Å². The Morgan fingerprint density at radius 2 is 2.23 bits per heavy atom. The number of hydrogen-bond acceptors (Lipinski definition) is 5. The molecule has 1 heterocycles. The van der Waals surface area contributed by atoms with Gasteiger partial charge in [-0.25, -0.2) is 10.4 Å². The van der Waals surface area contributed by atoms with Crippen LogP contribution in [0.25, 0.3) is 0 Å². The van der Waals surface area contributed by atoms with E-state index in [9.17, 15) is 4.79 Å². The highest BCUT2D eigenvalue weighted by atomic mass is 35.5. The lowest BCUT2D eigenvalue weighted by Crippen LogP contribution is -2.18. The van der Waals surface area contributed by atoms with Gasteiger partial charge in [-0.15, -0.1) is 0 Å². The van der Waals surface area contributed by atoms with Gasteiger partial charge in [-0.2, -0.15) is 4.98 Å². The van der Waals surface area contributed by atoms with Crippen molar-refractivity contribution in [2.45, 2.75) is 6.92 Å². The van der Waals surface area contributed by atoms with Gasteiger partial charge < -0.3 is 0 Å². The van der Waals surface area contributed by atoms with E-state index in [2.05, 4.69) is 20.8 Å². The number of hydrazine groups is 1. The number of rotatable bonds is 3. The number of nitrogens with one attached hydrogen (secondary N) is 2. The highest BCUT2D eigenvalue weighted by molar-refractivity contribution is 6.29. The average Bonchev–Trinajstić information content (AvgIpc) is 2.03. The average molecular weight is 201 g/mol. The summed E-state index contributed by atoms with van der Waals surface area (Å²) in [4.78, 5) is 18.7. The Morgan fingerprint density at radius 3 is 2.77 bits per heavy atom. The SMILES string of the molecule is CNNc1nc(Cl)cc(C(C)=O)n1. The molecule has 1 rings (SSSR count). The Bertz CT molecular complexity index is 328. The van der Waals surface area contributed by atoms with Gasteiger partial charge in [0.25, 0.3) is 0 Å². The van der Waals surface area contributed by atoms with Crippen LogP contribution in [-0.4, -0.2) is 22.8 Å². The van der Waals surface area contributed by atoms with Crippen molar-refractivity contribution in [1.29, 1.82) is 0 Å². The molecule has 0 unspecified atom stereocenters. The van der Waals surface area contributed by atoms with Gasteiger partial charge in [0, 0.05) is 20.0 Å². The van der Waals surface area contributed by atoms with Crippen molar-refractivity contribution in [1.82, 2.24) is 15.4 Å². The van der Waals surface area contributed by atoms with E-state index >= 15 is 0 Å². The van der Waals surface area contributed by atoms with Crippen molar-refractivity contribution >= 4 is 23.3 Å². The molecule has 70 valence electrons. The van der Waals surface area contributed by atoms with Crippen LogP contribution in [0.1, 0.15) is 17.4 Å². The fourth-order valence-electron chi connectivity index (χ4n) is 0.766. The summed E-state index contributed by atoms with van der Waals surface area (Å²) in [5.74, 6) is 0.128. The fraction of sp³-hybridized carbons (Fsp3) is 0.286. The van der Waals surface area contributed by atoms with Crippen molar-refractivity contribution in [3.05, 3.63) is 16.9 Å². The zero-order chi connectivity index (χ0) is 9.84. The van der Waals surface area contributed by atoms with Crippen molar-refractivity contribution in [2.24, 2.45) is 0 Å². The molecule has 0 fully saturated rings. The van der Waals surface area contributed by atoms with Crippen LogP contribution in [-0.2, 0) is 0 Å². The minimum Gasteiger partial charge on any atom is -0.293 e. The molecule has 2 N–H and O–H groups in total. The van der Waals surface area contributed by atoms with Crippen LogP contribution in [0, 0.1) is 0 Å². The van der Waals surface area contributed by atoms with E-state index < -0.39 is 0 Å². The van der Waals surface area contributed by atoms with Crippen LogP contribution >= 0.6 is 11.6 Å². The minimum absolute atomic E-state index is 0.150. The van der Waals surface area contributed by atoms with Gasteiger partial charge in [-0.3, -0.25) is 10.2 Å². The summed E-state index contributed by atoms with van der Waals surface area (Å²) < 4.78 is 0. The first-order valence-corrected chi connectivity index (χ1v) is 3.99. The van der Waals surface area contributed by atoms with Gasteiger partial charge in [0.05, 0.1) is 0 Å². The van der Waals surface area contributed by atoms with Gasteiger partial charge in [-0.1, -0.05) is 11.6 Å². The number of Topliss-reactive ketones (excluding diaryl/α,β-unsaturated/α-hetero) is 1. The number of ketones is 1. The molecular formula is C7H9ClN4O. The van der Waals surface area contributed by atoms with Crippen molar-refractivity contribution in [3.63, 3.8) is 0 Å². The minimum atomic E-state index is -0.150. The lowest BCUT2D eigenvalue weighted by molar-refractivity contribution is 0.101. The second kappa shape index (κ2) is 4.15. The molecule has 0 radical (unpaired) electrons. The highest BCUT2D eigenvalue weighted by Crippen LogP contribution is 2.09. The summed E-state index contributed by atoms with van der Waals surface area (Å²) in [5, 5.41) is 0.234. The first-order chi connectivity index (χ1) is 6.13. The lowest BCUT2D eigenvalue weighted by atomic mass is 10.3. The van der Waals surface area contributed by atoms with E-state index in [0.29, 0.717) is 0 Å². The summed E-state index contributed by atoms with van der Waals surface area (Å²) >= 11 is 5.66. The quantitative estimate of drug-likeness (QED) is 0.431. The number of carbonyl (C=O) groups excluding carboxylic acids is 1. The van der Waals surface area contributed by atoms with Crippen molar-refractivity contribution in [3.8, 4) is 0 Å². The van der Waals surface area contributed by atoms with Gasteiger partial charge in [0.2, 0.25) is 5.95 Å². The van der Waals surface area contributed by atoms with Crippen LogP contribution < -0.4 is 10.9 Å². The molecule has 0 aliphatic carbocycles. The third-order valence-corrected chi connectivity index (χ3v) is 1.49. The summed E-state index contributed by atoms with van der Waals surface area (Å²) in [7, 11) is 1.66. The normalized spacial score (nSPS) is 9.77. The van der Waals surface area contributed by atoms with Gasteiger partial charge in [-0.05, 0) is 0 Å². The maximum atomic E-state index is 11.0. The van der Waals surface area contributed by atoms with Crippen LogP contribution in [0.3, 0.4) is 0 Å². The third kappa shape index (κ3) is 2.64. The molecule has 0 aromatic carbocycles. The molecule has 0 bridgehead atoms. The van der Waals surface area contributed by atoms with E-state index in [1.165, 1.54) is 13.0 Å². The van der Waals surface area contributed by atoms with Crippen LogP contribution in [0.15, 0.2) is 6.07 Å². The predicted molar refractivity (Wildman–Crippen MR) is 49.7 cm³/mol. The molecule has 6 heteroatoms. The molecule has 1 aromatic heterocycles. The Hall–Kier alpha value is -1.20. The molecule has 0 saturated carbocycles. The molecule has 13 heavy (non-hydrogen) atoms. The molecule has 0 amide bonds. The number of hydrogen-bond donors (Lipinski definition) is 2. The Morgan fingerprint density at radius 1 is 1.54 bits per heavy atom. The van der Waals surface area contributed by atoms with Crippen LogP contribution in [0.4, 0.5) is 5.95 Å². The summed E-state index contributed by atoms with van der Waals surface area (Å²) in [6, 6.07) is 1.42. The molecular weight excluding hydrogens is 192 g/mol. The fourth-order valence-corrected chi connectivity index (χ4v) is 0.949. The zero-order valence-corrected chi connectivity index (χ0v) is 8.01. The summed E-state index contributed by atoms with van der Waals surface area (Å²) in [6.07, 6.45) is 0. The smallest absolute Gasteiger partial charge is 0.239 e. The maximum Gasteiger partial charge on any atom is 0.239 e. The maximum absolute atomic E-state index is 11.0. The first-order valence-electron chi connectivity index (χ1n) is 3.61. The van der Waals surface area contributed by atoms with Crippen LogP contribution in [0.5, 0.6) is 0 Å². The van der Waals surface area contributed by atoms with Gasteiger partial charge >= 0.3 is 0 Å². The molecule has 1 aromatic rings. The molecule has 0 aliphatic rings. The van der Waals surface area contributed by atoms with E-state index in [1.807, 2.05) is 0 Å². The molecule has 0 aliphatic heterocycles. The van der Waals surface area contributed by atoms with E-state index in [1.54, 1.807) is 7.05 Å². The monoisotopic (exact) mass is 200 g/mol. The molecule has 0 spiro atoms. The van der Waals surface area contributed by atoms with E-state index in [0.717, 1.165) is 0 Å². The Labute approximate surface area is 80.5 Å². The van der Waals surface area contributed by atoms with E-state index in [4.69, 9.17) is 11.6 Å². The largest absolute Gasteiger partial charge is 0.293 e. The zero-order valence-electron chi connectivity index (χ0n) is 7.26. The number of anilines is 1. The Balaban J connectivity index is 3.03. The lowest BCUT2D eigenvalue weighted by Gasteiger charge is -2.03. The number of carbonyl (C=O) groups is 1. The van der Waals surface area contributed by atoms with Gasteiger partial charge in [0.1, 0.15) is 10.8 Å². The highest BCUT2D eigenvalue weighted by Gasteiger charge is 2.05. The molecule has 5 nitrogen and oxygen atoms in total. The van der Waals surface area contributed by atoms with E-state index in [-0.39, 0.29) is 22.6 Å². The second-order valence-electron chi connectivity index (χ2n) is 2.33. The summed E-state index contributed by atoms with van der Waals surface area (Å²) in [5.41, 5.74) is 5.56. The number of aromatic nitrogens is 2. The predicted octanol–water partition coefficient (Wildman–Crippen LogP) is 0.879. The van der Waals surface area contributed by atoms with Gasteiger partial charge in [0.15, 0.2) is 5.78 Å². The molecule has 0 saturated heterocycles. The van der Waals surface area contributed by atoms with Crippen LogP contribution in [0.2, 0.25) is 5.15 Å². The third-order valence-electron chi connectivity index (χ3n) is 1.29. The van der Waals surface area contributed by atoms with Crippen molar-refractivity contribution in [2.75, 3.05) is 12.5 Å². The summed E-state index contributed by atoms with van der Waals surface area (Å²) in [6.45, 7) is 1.42. The molecule has 0 atom stereocenters.